The molecule has 7 nitrogen and oxygen atoms in total. The lowest BCUT2D eigenvalue weighted by Gasteiger charge is -2.16. The van der Waals surface area contributed by atoms with Crippen LogP contribution in [0.3, 0.4) is 0 Å². The summed E-state index contributed by atoms with van der Waals surface area (Å²) in [5, 5.41) is 2.67. The molecule has 0 bridgehead atoms. The van der Waals surface area contributed by atoms with Gasteiger partial charge in [-0.15, -0.1) is 0 Å². The predicted molar refractivity (Wildman–Crippen MR) is 96.0 cm³/mol. The average Bonchev–Trinajstić information content (AvgIpc) is 2.67. The lowest BCUT2D eigenvalue weighted by atomic mass is 10.2. The molecule has 7 heteroatoms. The van der Waals surface area contributed by atoms with Crippen LogP contribution in [0.15, 0.2) is 42.5 Å². The number of hydrogen-bond acceptors (Lipinski definition) is 6. The van der Waals surface area contributed by atoms with Crippen LogP contribution in [0.25, 0.3) is 0 Å². The molecule has 1 N–H and O–H groups in total. The Morgan fingerprint density at radius 1 is 0.923 bits per heavy atom. The lowest BCUT2D eigenvalue weighted by molar-refractivity contribution is -0.123. The van der Waals surface area contributed by atoms with Crippen LogP contribution in [0, 0.1) is 0 Å². The highest BCUT2D eigenvalue weighted by Crippen LogP contribution is 2.26. The van der Waals surface area contributed by atoms with E-state index in [0.29, 0.717) is 22.9 Å². The Kier molecular flexibility index (Phi) is 6.43. The number of para-hydroxylation sites is 2. The molecule has 2 aromatic rings. The third-order valence-corrected chi connectivity index (χ3v) is 3.64. The van der Waals surface area contributed by atoms with E-state index in [1.807, 2.05) is 0 Å². The van der Waals surface area contributed by atoms with E-state index >= 15 is 0 Å². The van der Waals surface area contributed by atoms with Crippen molar-refractivity contribution in [1.82, 2.24) is 0 Å². The van der Waals surface area contributed by atoms with E-state index < -0.39 is 18.0 Å². The van der Waals surface area contributed by atoms with E-state index in [-0.39, 0.29) is 5.56 Å². The summed E-state index contributed by atoms with van der Waals surface area (Å²) in [4.78, 5) is 24.7. The number of methoxy groups -OCH3 is 3. The zero-order valence-electron chi connectivity index (χ0n) is 15.1. The molecule has 2 aromatic carbocycles. The van der Waals surface area contributed by atoms with Gasteiger partial charge < -0.3 is 24.3 Å². The molecule has 0 unspecified atom stereocenters. The Morgan fingerprint density at radius 3 is 2.27 bits per heavy atom. The maximum Gasteiger partial charge on any atom is 0.342 e. The molecule has 26 heavy (non-hydrogen) atoms. The van der Waals surface area contributed by atoms with Crippen LogP contribution >= 0.6 is 0 Å². The van der Waals surface area contributed by atoms with Gasteiger partial charge in [-0.25, -0.2) is 4.79 Å². The van der Waals surface area contributed by atoms with Crippen molar-refractivity contribution in [2.45, 2.75) is 13.0 Å². The molecular formula is C19H21NO6. The van der Waals surface area contributed by atoms with E-state index in [1.54, 1.807) is 36.4 Å². The lowest BCUT2D eigenvalue weighted by Crippen LogP contribution is -2.30. The van der Waals surface area contributed by atoms with Crippen LogP contribution in [-0.4, -0.2) is 39.3 Å². The number of benzene rings is 2. The molecule has 0 aliphatic heterocycles. The smallest absolute Gasteiger partial charge is 0.342 e. The fourth-order valence-corrected chi connectivity index (χ4v) is 2.23. The summed E-state index contributed by atoms with van der Waals surface area (Å²) >= 11 is 0. The number of carbonyl (C=O) groups is 2. The van der Waals surface area contributed by atoms with Crippen LogP contribution in [-0.2, 0) is 9.53 Å². The highest BCUT2D eigenvalue weighted by Gasteiger charge is 2.22. The summed E-state index contributed by atoms with van der Waals surface area (Å²) in [7, 11) is 4.43. The highest BCUT2D eigenvalue weighted by atomic mass is 16.5. The minimum absolute atomic E-state index is 0.170. The van der Waals surface area contributed by atoms with Crippen LogP contribution in [0.1, 0.15) is 17.3 Å². The number of nitrogens with one attached hydrogen (secondary N) is 1. The highest BCUT2D eigenvalue weighted by molar-refractivity contribution is 5.99. The minimum atomic E-state index is -1.02. The Labute approximate surface area is 151 Å². The second-order valence-electron chi connectivity index (χ2n) is 5.30. The monoisotopic (exact) mass is 359 g/mol. The van der Waals surface area contributed by atoms with Gasteiger partial charge in [0.1, 0.15) is 22.8 Å². The molecule has 0 heterocycles. The van der Waals surface area contributed by atoms with Gasteiger partial charge in [0.25, 0.3) is 5.91 Å². The Balaban J connectivity index is 2.10. The van der Waals surface area contributed by atoms with Crippen molar-refractivity contribution in [3.05, 3.63) is 48.0 Å². The summed E-state index contributed by atoms with van der Waals surface area (Å²) < 4.78 is 20.7. The van der Waals surface area contributed by atoms with Gasteiger partial charge in [0, 0.05) is 0 Å². The molecule has 0 fully saturated rings. The van der Waals surface area contributed by atoms with Gasteiger partial charge in [-0.1, -0.05) is 12.1 Å². The third-order valence-electron chi connectivity index (χ3n) is 3.64. The summed E-state index contributed by atoms with van der Waals surface area (Å²) in [6.07, 6.45) is -1.02. The summed E-state index contributed by atoms with van der Waals surface area (Å²) in [6.45, 7) is 1.48. The van der Waals surface area contributed by atoms with E-state index in [0.717, 1.165) is 0 Å². The summed E-state index contributed by atoms with van der Waals surface area (Å²) in [5.41, 5.74) is 0.658. The maximum absolute atomic E-state index is 12.4. The topological polar surface area (TPSA) is 83.1 Å². The van der Waals surface area contributed by atoms with Crippen molar-refractivity contribution in [2.24, 2.45) is 0 Å². The zero-order chi connectivity index (χ0) is 19.1. The Bertz CT molecular complexity index is 789. The van der Waals surface area contributed by atoms with Crippen molar-refractivity contribution >= 4 is 17.6 Å². The molecule has 1 atom stereocenters. The average molecular weight is 359 g/mol. The largest absolute Gasteiger partial charge is 0.497 e. The molecule has 0 aromatic heterocycles. The molecule has 0 aliphatic carbocycles. The van der Waals surface area contributed by atoms with Crippen molar-refractivity contribution < 1.29 is 28.5 Å². The molecule has 138 valence electrons. The quantitative estimate of drug-likeness (QED) is 0.766. The molecule has 0 saturated carbocycles. The Hall–Kier alpha value is -3.22. The number of amides is 1. The number of esters is 1. The van der Waals surface area contributed by atoms with E-state index in [2.05, 4.69) is 5.32 Å². The van der Waals surface area contributed by atoms with Gasteiger partial charge >= 0.3 is 5.97 Å². The van der Waals surface area contributed by atoms with Crippen LogP contribution in [0.4, 0.5) is 5.69 Å². The first-order valence-electron chi connectivity index (χ1n) is 7.87. The molecule has 2 rings (SSSR count). The zero-order valence-corrected chi connectivity index (χ0v) is 15.1. The van der Waals surface area contributed by atoms with Gasteiger partial charge in [-0.3, -0.25) is 4.79 Å². The maximum atomic E-state index is 12.4. The first-order valence-corrected chi connectivity index (χ1v) is 7.87. The normalized spacial score (nSPS) is 11.2. The fraction of sp³-hybridized carbons (Fsp3) is 0.263. The first-order chi connectivity index (χ1) is 12.5. The van der Waals surface area contributed by atoms with Gasteiger partial charge in [0.05, 0.1) is 27.0 Å². The van der Waals surface area contributed by atoms with Crippen molar-refractivity contribution in [3.63, 3.8) is 0 Å². The predicted octanol–water partition coefficient (Wildman–Crippen LogP) is 2.90. The van der Waals surface area contributed by atoms with Crippen LogP contribution < -0.4 is 19.5 Å². The van der Waals surface area contributed by atoms with Gasteiger partial charge in [-0.05, 0) is 37.3 Å². The number of hydrogen-bond donors (Lipinski definition) is 1. The second kappa shape index (κ2) is 8.75. The molecule has 1 amide bonds. The minimum Gasteiger partial charge on any atom is -0.497 e. The number of ether oxygens (including phenoxy) is 4. The van der Waals surface area contributed by atoms with E-state index in [1.165, 1.54) is 34.3 Å². The molecule has 0 spiro atoms. The number of rotatable bonds is 7. The number of anilines is 1. The fourth-order valence-electron chi connectivity index (χ4n) is 2.23. The first kappa shape index (κ1) is 19.1. The van der Waals surface area contributed by atoms with Crippen molar-refractivity contribution in [3.8, 4) is 17.2 Å². The van der Waals surface area contributed by atoms with Gasteiger partial charge in [0.2, 0.25) is 0 Å². The number of carbonyl (C=O) groups excluding carboxylic acids is 2. The van der Waals surface area contributed by atoms with Gasteiger partial charge in [-0.2, -0.15) is 0 Å². The van der Waals surface area contributed by atoms with E-state index in [4.69, 9.17) is 18.9 Å². The van der Waals surface area contributed by atoms with Crippen LogP contribution in [0.5, 0.6) is 17.2 Å². The van der Waals surface area contributed by atoms with Gasteiger partial charge in [0.15, 0.2) is 6.10 Å². The SMILES string of the molecule is COc1ccc(OC)c(C(=O)O[C@H](C)C(=O)Nc2ccccc2OC)c1. The standard InChI is InChI=1S/C19H21NO6/c1-12(18(21)20-15-7-5-6-8-17(15)25-4)26-19(22)14-11-13(23-2)9-10-16(14)24-3/h5-12H,1-4H3,(H,20,21)/t12-/m1/s1. The van der Waals surface area contributed by atoms with Crippen molar-refractivity contribution in [2.75, 3.05) is 26.6 Å². The molecule has 0 saturated heterocycles. The summed E-state index contributed by atoms with van der Waals surface area (Å²) in [6, 6.07) is 11.7. The van der Waals surface area contributed by atoms with E-state index in [9.17, 15) is 9.59 Å². The second-order valence-corrected chi connectivity index (χ2v) is 5.30. The third kappa shape index (κ3) is 4.44. The summed E-state index contributed by atoms with van der Waals surface area (Å²) in [5.74, 6) is 0.138. The molecule has 0 radical (unpaired) electrons. The Morgan fingerprint density at radius 2 is 1.62 bits per heavy atom. The van der Waals surface area contributed by atoms with Crippen LogP contribution in [0.2, 0.25) is 0 Å². The molecular weight excluding hydrogens is 338 g/mol. The molecule has 0 aliphatic rings. The van der Waals surface area contributed by atoms with Crippen molar-refractivity contribution in [1.29, 1.82) is 0 Å².